The van der Waals surface area contributed by atoms with Crippen molar-refractivity contribution >= 4 is 18.3 Å². The van der Waals surface area contributed by atoms with Crippen molar-refractivity contribution in [3.05, 3.63) is 23.8 Å². The lowest BCUT2D eigenvalue weighted by Gasteiger charge is -2.36. The molecule has 2 rings (SSSR count). The van der Waals surface area contributed by atoms with Crippen molar-refractivity contribution in [3.8, 4) is 11.5 Å². The summed E-state index contributed by atoms with van der Waals surface area (Å²) in [6.45, 7) is 9.82. The second kappa shape index (κ2) is 17.2. The summed E-state index contributed by atoms with van der Waals surface area (Å²) in [5.74, 6) is 2.51. The molecule has 38 heavy (non-hydrogen) atoms. The molecule has 0 aromatic heterocycles. The number of halogens is 1. The molecule has 1 aliphatic carbocycles. The molecule has 4 N–H and O–H groups in total. The van der Waals surface area contributed by atoms with Crippen molar-refractivity contribution in [1.82, 2.24) is 5.32 Å². The van der Waals surface area contributed by atoms with E-state index in [1.807, 2.05) is 26.0 Å². The minimum absolute atomic E-state index is 0. The highest BCUT2D eigenvalue weighted by Crippen LogP contribution is 2.38. The highest BCUT2D eigenvalue weighted by atomic mass is 35.5. The van der Waals surface area contributed by atoms with Gasteiger partial charge in [-0.1, -0.05) is 53.0 Å². The minimum atomic E-state index is -0.789. The van der Waals surface area contributed by atoms with Gasteiger partial charge in [-0.2, -0.15) is 0 Å². The van der Waals surface area contributed by atoms with E-state index in [0.717, 1.165) is 37.0 Å². The summed E-state index contributed by atoms with van der Waals surface area (Å²) in [5.41, 5.74) is 7.18. The van der Waals surface area contributed by atoms with Crippen LogP contribution in [0.15, 0.2) is 18.2 Å². The average Bonchev–Trinajstić information content (AvgIpc) is 2.89. The summed E-state index contributed by atoms with van der Waals surface area (Å²) >= 11 is 0. The van der Waals surface area contributed by atoms with Gasteiger partial charge < -0.3 is 30.4 Å². The summed E-state index contributed by atoms with van der Waals surface area (Å²) in [6, 6.07) is 5.62. The molecule has 1 aromatic carbocycles. The molecule has 220 valence electrons. The topological polar surface area (TPSA) is 103 Å². The highest BCUT2D eigenvalue weighted by Gasteiger charge is 2.37. The normalized spacial score (nSPS) is 16.9. The predicted octanol–water partition coefficient (Wildman–Crippen LogP) is 5.15. The lowest BCUT2D eigenvalue weighted by Crippen LogP contribution is -2.49. The molecule has 0 spiro atoms. The first-order chi connectivity index (χ1) is 17.6. The fourth-order valence-corrected chi connectivity index (χ4v) is 5.33. The van der Waals surface area contributed by atoms with Gasteiger partial charge in [-0.05, 0) is 61.1 Å². The molecule has 1 aromatic rings. The minimum Gasteiger partial charge on any atom is -0.493 e. The fraction of sp³-hybridized carbons (Fsp3) is 0.767. The number of nitrogens with two attached hydrogens (primary N) is 1. The van der Waals surface area contributed by atoms with Gasteiger partial charge in [-0.15, -0.1) is 12.4 Å². The first kappa shape index (κ1) is 34.5. The number of ether oxygens (including phenoxy) is 3. The summed E-state index contributed by atoms with van der Waals surface area (Å²) < 4.78 is 16.5. The first-order valence-electron chi connectivity index (χ1n) is 14.1. The largest absolute Gasteiger partial charge is 0.493 e. The van der Waals surface area contributed by atoms with Gasteiger partial charge in [-0.3, -0.25) is 4.79 Å². The van der Waals surface area contributed by atoms with Crippen molar-refractivity contribution in [3.63, 3.8) is 0 Å². The molecule has 1 fully saturated rings. The van der Waals surface area contributed by atoms with Crippen LogP contribution in [0.25, 0.3) is 0 Å². The number of hydrogen-bond acceptors (Lipinski definition) is 6. The van der Waals surface area contributed by atoms with Gasteiger partial charge in [0.25, 0.3) is 0 Å². The Balaban J connectivity index is 0.00000722. The molecule has 1 aliphatic rings. The van der Waals surface area contributed by atoms with Crippen molar-refractivity contribution in [2.75, 3.05) is 34.0 Å². The van der Waals surface area contributed by atoms with E-state index >= 15 is 0 Å². The number of carbonyl (C=O) groups is 1. The van der Waals surface area contributed by atoms with Gasteiger partial charge in [0.05, 0.1) is 19.8 Å². The van der Waals surface area contributed by atoms with E-state index in [1.165, 1.54) is 19.3 Å². The van der Waals surface area contributed by atoms with Crippen LogP contribution >= 0.6 is 12.4 Å². The summed E-state index contributed by atoms with van der Waals surface area (Å²) in [7, 11) is 3.32. The van der Waals surface area contributed by atoms with E-state index in [-0.39, 0.29) is 30.8 Å². The lowest BCUT2D eigenvalue weighted by atomic mass is 9.70. The number of nitrogens with one attached hydrogen (secondary N) is 1. The third kappa shape index (κ3) is 10.6. The molecule has 0 bridgehead atoms. The monoisotopic (exact) mass is 556 g/mol. The maximum absolute atomic E-state index is 13.0. The second-order valence-corrected chi connectivity index (χ2v) is 11.6. The van der Waals surface area contributed by atoms with Crippen LogP contribution in [0.2, 0.25) is 0 Å². The molecular formula is C30H53ClN2O5. The maximum Gasteiger partial charge on any atom is 0.226 e. The molecule has 8 heteroatoms. The average molecular weight is 557 g/mol. The number of hydrogen-bond donors (Lipinski definition) is 3. The second-order valence-electron chi connectivity index (χ2n) is 11.6. The van der Waals surface area contributed by atoms with Gasteiger partial charge in [-0.25, -0.2) is 0 Å². The molecule has 0 unspecified atom stereocenters. The fourth-order valence-electron chi connectivity index (χ4n) is 5.33. The molecule has 0 radical (unpaired) electrons. The van der Waals surface area contributed by atoms with Crippen molar-refractivity contribution in [2.45, 2.75) is 91.2 Å². The SMILES string of the molecule is COCCCOc1cc(C[C@@H](C[C@H](N)[C@@H](O)CNC(=O)C(C)(C)C2CCCCC2)C(C)C)ccc1OC.Cl. The van der Waals surface area contributed by atoms with E-state index in [2.05, 4.69) is 25.2 Å². The first-order valence-corrected chi connectivity index (χ1v) is 14.1. The highest BCUT2D eigenvalue weighted by molar-refractivity contribution is 5.85. The molecule has 1 amide bonds. The van der Waals surface area contributed by atoms with Gasteiger partial charge in [0.15, 0.2) is 11.5 Å². The summed E-state index contributed by atoms with van der Waals surface area (Å²) in [6.07, 6.45) is 7.35. The van der Waals surface area contributed by atoms with Crippen LogP contribution in [0.4, 0.5) is 0 Å². The van der Waals surface area contributed by atoms with Crippen molar-refractivity contribution in [1.29, 1.82) is 0 Å². The number of aliphatic hydroxyl groups is 1. The van der Waals surface area contributed by atoms with Crippen molar-refractivity contribution in [2.24, 2.45) is 28.9 Å². The molecule has 0 heterocycles. The maximum atomic E-state index is 13.0. The number of carbonyl (C=O) groups excluding carboxylic acids is 1. The van der Waals surface area contributed by atoms with Gasteiger partial charge in [0, 0.05) is 38.1 Å². The van der Waals surface area contributed by atoms with Crippen LogP contribution < -0.4 is 20.5 Å². The molecular weight excluding hydrogens is 504 g/mol. The third-order valence-corrected chi connectivity index (χ3v) is 8.17. The molecule has 0 saturated heterocycles. The Kier molecular flexibility index (Phi) is 15.6. The van der Waals surface area contributed by atoms with Crippen LogP contribution in [-0.2, 0) is 16.0 Å². The van der Waals surface area contributed by atoms with Crippen LogP contribution in [0.5, 0.6) is 11.5 Å². The van der Waals surface area contributed by atoms with Gasteiger partial charge >= 0.3 is 0 Å². The number of benzene rings is 1. The Hall–Kier alpha value is -1.54. The van der Waals surface area contributed by atoms with Crippen LogP contribution in [-0.4, -0.2) is 57.1 Å². The van der Waals surface area contributed by atoms with E-state index < -0.39 is 17.6 Å². The third-order valence-electron chi connectivity index (χ3n) is 8.17. The quantitative estimate of drug-likeness (QED) is 0.243. The Bertz CT molecular complexity index is 814. The number of rotatable bonds is 16. The van der Waals surface area contributed by atoms with Crippen molar-refractivity contribution < 1.29 is 24.1 Å². The van der Waals surface area contributed by atoms with Crippen LogP contribution in [0, 0.1) is 23.2 Å². The Morgan fingerprint density at radius 2 is 1.82 bits per heavy atom. The van der Waals surface area contributed by atoms with Crippen LogP contribution in [0.3, 0.4) is 0 Å². The lowest BCUT2D eigenvalue weighted by molar-refractivity contribution is -0.133. The smallest absolute Gasteiger partial charge is 0.226 e. The summed E-state index contributed by atoms with van der Waals surface area (Å²) in [5, 5.41) is 13.8. The zero-order chi connectivity index (χ0) is 27.4. The van der Waals surface area contributed by atoms with E-state index in [0.29, 0.717) is 37.2 Å². The van der Waals surface area contributed by atoms with E-state index in [1.54, 1.807) is 14.2 Å². The Morgan fingerprint density at radius 1 is 1.13 bits per heavy atom. The number of amides is 1. The molecule has 3 atom stereocenters. The van der Waals surface area contributed by atoms with Gasteiger partial charge in [0.1, 0.15) is 0 Å². The molecule has 0 aliphatic heterocycles. The molecule has 7 nitrogen and oxygen atoms in total. The van der Waals surface area contributed by atoms with E-state index in [4.69, 9.17) is 19.9 Å². The van der Waals surface area contributed by atoms with Gasteiger partial charge in [0.2, 0.25) is 5.91 Å². The standard InChI is InChI=1S/C30H52N2O5.ClH/c1-21(2)23(17-22-13-14-27(36-6)28(18-22)37-16-10-15-35-5)19-25(31)26(33)20-32-29(34)30(3,4)24-11-8-7-9-12-24;/h13-14,18,21,23-26,33H,7-12,15-17,19-20,31H2,1-6H3,(H,32,34);1H/t23-,25-,26-;/m0./s1. The Morgan fingerprint density at radius 3 is 2.42 bits per heavy atom. The zero-order valence-electron chi connectivity index (χ0n) is 24.5. The zero-order valence-corrected chi connectivity index (χ0v) is 25.3. The summed E-state index contributed by atoms with van der Waals surface area (Å²) in [4.78, 5) is 13.0. The molecule has 1 saturated carbocycles. The van der Waals surface area contributed by atoms with E-state index in [9.17, 15) is 9.90 Å². The number of aliphatic hydroxyl groups excluding tert-OH is 1. The number of methoxy groups -OCH3 is 2. The van der Waals surface area contributed by atoms with Crippen LogP contribution in [0.1, 0.15) is 78.2 Å². The Labute approximate surface area is 237 Å². The predicted molar refractivity (Wildman–Crippen MR) is 156 cm³/mol.